The Morgan fingerprint density at radius 2 is 1.89 bits per heavy atom. The summed E-state index contributed by atoms with van der Waals surface area (Å²) in [6, 6.07) is 15.1. The number of carbonyl (C=O) groups excluding carboxylic acids is 1. The van der Waals surface area contributed by atoms with Crippen molar-refractivity contribution in [2.45, 2.75) is 13.0 Å². The molecule has 3 heteroatoms. The second kappa shape index (κ2) is 6.71. The maximum atomic E-state index is 10.7. The van der Waals surface area contributed by atoms with E-state index >= 15 is 0 Å². The minimum Gasteiger partial charge on any atom is -0.493 e. The Morgan fingerprint density at radius 3 is 2.58 bits per heavy atom. The van der Waals surface area contributed by atoms with Crippen LogP contribution in [0, 0.1) is 0 Å². The van der Waals surface area contributed by atoms with Crippen molar-refractivity contribution in [2.75, 3.05) is 6.61 Å². The van der Waals surface area contributed by atoms with Crippen LogP contribution in [0.2, 0.25) is 0 Å². The summed E-state index contributed by atoms with van der Waals surface area (Å²) in [4.78, 5) is 10.7. The Balaban J connectivity index is 1.97. The maximum Gasteiger partial charge on any atom is 0.150 e. The van der Waals surface area contributed by atoms with Gasteiger partial charge in [-0.1, -0.05) is 30.3 Å². The monoisotopic (exact) mass is 256 g/mol. The lowest BCUT2D eigenvalue weighted by atomic mass is 10.1. The van der Waals surface area contributed by atoms with Crippen LogP contribution in [-0.4, -0.2) is 18.0 Å². The van der Waals surface area contributed by atoms with Crippen LogP contribution >= 0.6 is 0 Å². The number of benzene rings is 2. The zero-order valence-electron chi connectivity index (χ0n) is 10.6. The highest BCUT2D eigenvalue weighted by atomic mass is 16.5. The van der Waals surface area contributed by atoms with E-state index in [2.05, 4.69) is 0 Å². The van der Waals surface area contributed by atoms with Crippen molar-refractivity contribution in [1.82, 2.24) is 0 Å². The van der Waals surface area contributed by atoms with Crippen LogP contribution in [0.3, 0.4) is 0 Å². The molecule has 2 aromatic carbocycles. The fourth-order valence-corrected chi connectivity index (χ4v) is 1.86. The summed E-state index contributed by atoms with van der Waals surface area (Å²) in [6.07, 6.45) is 1.56. The van der Waals surface area contributed by atoms with Gasteiger partial charge in [0.15, 0.2) is 0 Å². The van der Waals surface area contributed by atoms with Crippen molar-refractivity contribution in [2.24, 2.45) is 0 Å². The van der Waals surface area contributed by atoms with Gasteiger partial charge in [-0.25, -0.2) is 0 Å². The zero-order chi connectivity index (χ0) is 13.5. The lowest BCUT2D eigenvalue weighted by Crippen LogP contribution is -2.04. The summed E-state index contributed by atoms with van der Waals surface area (Å²) in [5.41, 5.74) is 2.38. The van der Waals surface area contributed by atoms with Crippen LogP contribution in [0.1, 0.15) is 21.5 Å². The van der Waals surface area contributed by atoms with Crippen LogP contribution < -0.4 is 4.74 Å². The first-order chi connectivity index (χ1) is 9.33. The molecule has 0 amide bonds. The van der Waals surface area contributed by atoms with E-state index < -0.39 is 0 Å². The summed E-state index contributed by atoms with van der Waals surface area (Å²) in [6.45, 7) is 0.403. The third-order valence-electron chi connectivity index (χ3n) is 2.88. The predicted octanol–water partition coefficient (Wildman–Crippen LogP) is 2.61. The molecule has 3 nitrogen and oxygen atoms in total. The van der Waals surface area contributed by atoms with E-state index in [1.165, 1.54) is 5.56 Å². The lowest BCUT2D eigenvalue weighted by molar-refractivity contribution is 0.112. The molecule has 0 fully saturated rings. The molecular formula is C16H16O3. The molecule has 0 saturated carbocycles. The van der Waals surface area contributed by atoms with E-state index in [1.807, 2.05) is 30.3 Å². The molecule has 1 N–H and O–H groups in total. The fourth-order valence-electron chi connectivity index (χ4n) is 1.86. The normalized spacial score (nSPS) is 10.2. The average molecular weight is 256 g/mol. The van der Waals surface area contributed by atoms with Crippen LogP contribution in [0.15, 0.2) is 48.5 Å². The topological polar surface area (TPSA) is 46.5 Å². The Labute approximate surface area is 112 Å². The van der Waals surface area contributed by atoms with Gasteiger partial charge < -0.3 is 9.84 Å². The second-order valence-electron chi connectivity index (χ2n) is 4.23. The van der Waals surface area contributed by atoms with Gasteiger partial charge in [0.2, 0.25) is 0 Å². The van der Waals surface area contributed by atoms with Gasteiger partial charge in [0.05, 0.1) is 13.2 Å². The number of hydrogen-bond donors (Lipinski definition) is 1. The molecular weight excluding hydrogens is 240 g/mol. The minimum atomic E-state index is -0.137. The molecule has 0 aliphatic rings. The SMILES string of the molecule is O=Cc1ccc(OCCc2ccccc2)c(CO)c1. The molecule has 0 atom stereocenters. The van der Waals surface area contributed by atoms with Crippen LogP contribution in [0.25, 0.3) is 0 Å². The Kier molecular flexibility index (Phi) is 4.70. The van der Waals surface area contributed by atoms with Gasteiger partial charge in [0, 0.05) is 17.5 Å². The molecule has 2 aromatic rings. The molecule has 0 bridgehead atoms. The Morgan fingerprint density at radius 1 is 1.11 bits per heavy atom. The standard InChI is InChI=1S/C16H16O3/c17-11-14-6-7-16(15(10-14)12-18)19-9-8-13-4-2-1-3-5-13/h1-7,10-11,18H,8-9,12H2. The quantitative estimate of drug-likeness (QED) is 0.808. The Bertz CT molecular complexity index is 535. The summed E-state index contributed by atoms with van der Waals surface area (Å²) in [5.74, 6) is 0.629. The van der Waals surface area contributed by atoms with E-state index in [9.17, 15) is 9.90 Å². The molecule has 0 aliphatic heterocycles. The number of aldehydes is 1. The summed E-state index contributed by atoms with van der Waals surface area (Å²) in [7, 11) is 0. The van der Waals surface area contributed by atoms with Crippen LogP contribution in [-0.2, 0) is 13.0 Å². The fraction of sp³-hybridized carbons (Fsp3) is 0.188. The first-order valence-electron chi connectivity index (χ1n) is 6.19. The van der Waals surface area contributed by atoms with Crippen LogP contribution in [0.4, 0.5) is 0 Å². The van der Waals surface area contributed by atoms with Crippen molar-refractivity contribution in [1.29, 1.82) is 0 Å². The van der Waals surface area contributed by atoms with Gasteiger partial charge in [0.25, 0.3) is 0 Å². The van der Waals surface area contributed by atoms with Gasteiger partial charge in [-0.2, -0.15) is 0 Å². The zero-order valence-corrected chi connectivity index (χ0v) is 10.6. The molecule has 0 heterocycles. The van der Waals surface area contributed by atoms with Gasteiger partial charge in [-0.3, -0.25) is 4.79 Å². The number of carbonyl (C=O) groups is 1. The smallest absolute Gasteiger partial charge is 0.150 e. The van der Waals surface area contributed by atoms with Gasteiger partial charge in [0.1, 0.15) is 12.0 Å². The molecule has 0 aromatic heterocycles. The third-order valence-corrected chi connectivity index (χ3v) is 2.88. The van der Waals surface area contributed by atoms with E-state index in [0.29, 0.717) is 23.5 Å². The predicted molar refractivity (Wildman–Crippen MR) is 73.4 cm³/mol. The van der Waals surface area contributed by atoms with Crippen LogP contribution in [0.5, 0.6) is 5.75 Å². The summed E-state index contributed by atoms with van der Waals surface area (Å²) in [5, 5.41) is 9.26. The Hall–Kier alpha value is -2.13. The molecule has 0 unspecified atom stereocenters. The number of aliphatic hydroxyl groups is 1. The van der Waals surface area contributed by atoms with Crippen molar-refractivity contribution in [3.8, 4) is 5.75 Å². The molecule has 19 heavy (non-hydrogen) atoms. The molecule has 0 radical (unpaired) electrons. The molecule has 0 aliphatic carbocycles. The molecule has 0 spiro atoms. The van der Waals surface area contributed by atoms with E-state index in [0.717, 1.165) is 12.7 Å². The van der Waals surface area contributed by atoms with Crippen molar-refractivity contribution >= 4 is 6.29 Å². The number of rotatable bonds is 6. The highest BCUT2D eigenvalue weighted by Gasteiger charge is 2.04. The van der Waals surface area contributed by atoms with Gasteiger partial charge in [-0.05, 0) is 23.8 Å². The summed E-state index contributed by atoms with van der Waals surface area (Å²) >= 11 is 0. The largest absolute Gasteiger partial charge is 0.493 e. The molecule has 98 valence electrons. The average Bonchev–Trinajstić information content (AvgIpc) is 2.48. The number of aliphatic hydroxyl groups excluding tert-OH is 1. The van der Waals surface area contributed by atoms with Crippen molar-refractivity contribution in [3.63, 3.8) is 0 Å². The highest BCUT2D eigenvalue weighted by molar-refractivity contribution is 5.75. The van der Waals surface area contributed by atoms with E-state index in [-0.39, 0.29) is 6.61 Å². The number of hydrogen-bond acceptors (Lipinski definition) is 3. The number of ether oxygens (including phenoxy) is 1. The minimum absolute atomic E-state index is 0.137. The third kappa shape index (κ3) is 3.66. The van der Waals surface area contributed by atoms with E-state index in [4.69, 9.17) is 4.74 Å². The van der Waals surface area contributed by atoms with Gasteiger partial charge in [-0.15, -0.1) is 0 Å². The first-order valence-corrected chi connectivity index (χ1v) is 6.19. The molecule has 2 rings (SSSR count). The molecule has 0 saturated heterocycles. The van der Waals surface area contributed by atoms with E-state index in [1.54, 1.807) is 18.2 Å². The first kappa shape index (κ1) is 13.3. The second-order valence-corrected chi connectivity index (χ2v) is 4.23. The van der Waals surface area contributed by atoms with Crippen molar-refractivity contribution in [3.05, 3.63) is 65.2 Å². The van der Waals surface area contributed by atoms with Gasteiger partial charge >= 0.3 is 0 Å². The van der Waals surface area contributed by atoms with Crippen molar-refractivity contribution < 1.29 is 14.6 Å². The maximum absolute atomic E-state index is 10.7. The lowest BCUT2D eigenvalue weighted by Gasteiger charge is -2.10. The highest BCUT2D eigenvalue weighted by Crippen LogP contribution is 2.20. The summed E-state index contributed by atoms with van der Waals surface area (Å²) < 4.78 is 5.66.